The molecule has 0 aliphatic rings. The zero-order chi connectivity index (χ0) is 19.6. The standard InChI is InChI=1S/C21H24N2O3S/c1-4-6-17-22-20-19(21(26)23(17)10-5-7-18(24)25)16(12-27-20)15-9-8-13(2)11-14(15)3/h8-9,11-12H,4-7,10H2,1-3H3,(H,24,25). The molecule has 3 aromatic rings. The first kappa shape index (κ1) is 19.3. The van der Waals surface area contributed by atoms with E-state index in [0.29, 0.717) is 24.8 Å². The van der Waals surface area contributed by atoms with Gasteiger partial charge in [0, 0.05) is 30.3 Å². The number of hydrogen-bond acceptors (Lipinski definition) is 4. The minimum atomic E-state index is -0.847. The molecule has 2 heterocycles. The fraction of sp³-hybridized carbons (Fsp3) is 0.381. The average Bonchev–Trinajstić information content (AvgIpc) is 3.01. The highest BCUT2D eigenvalue weighted by Crippen LogP contribution is 2.33. The van der Waals surface area contributed by atoms with Gasteiger partial charge in [0.2, 0.25) is 0 Å². The number of carboxylic acid groups (broad SMARTS) is 1. The van der Waals surface area contributed by atoms with E-state index in [2.05, 4.69) is 32.0 Å². The fourth-order valence-corrected chi connectivity index (χ4v) is 4.36. The molecule has 0 unspecified atom stereocenters. The molecule has 142 valence electrons. The Balaban J connectivity index is 2.16. The minimum Gasteiger partial charge on any atom is -0.481 e. The average molecular weight is 385 g/mol. The van der Waals surface area contributed by atoms with Gasteiger partial charge in [0.05, 0.1) is 5.39 Å². The van der Waals surface area contributed by atoms with Crippen LogP contribution in [0.15, 0.2) is 28.4 Å². The van der Waals surface area contributed by atoms with E-state index in [9.17, 15) is 9.59 Å². The van der Waals surface area contributed by atoms with Crippen LogP contribution in [0.2, 0.25) is 0 Å². The number of thiophene rings is 1. The maximum absolute atomic E-state index is 13.3. The van der Waals surface area contributed by atoms with Crippen molar-refractivity contribution in [2.75, 3.05) is 0 Å². The Morgan fingerprint density at radius 3 is 2.70 bits per heavy atom. The summed E-state index contributed by atoms with van der Waals surface area (Å²) in [4.78, 5) is 29.7. The molecule has 0 spiro atoms. The highest BCUT2D eigenvalue weighted by atomic mass is 32.1. The third kappa shape index (κ3) is 3.95. The zero-order valence-electron chi connectivity index (χ0n) is 15.9. The second kappa shape index (κ2) is 8.05. The van der Waals surface area contributed by atoms with Crippen LogP contribution in [-0.2, 0) is 17.8 Å². The Kier molecular flexibility index (Phi) is 5.75. The molecule has 1 N–H and O–H groups in total. The van der Waals surface area contributed by atoms with Crippen molar-refractivity contribution in [3.63, 3.8) is 0 Å². The molecule has 0 radical (unpaired) electrons. The van der Waals surface area contributed by atoms with Crippen molar-refractivity contribution in [3.8, 4) is 11.1 Å². The van der Waals surface area contributed by atoms with E-state index in [4.69, 9.17) is 10.1 Å². The maximum Gasteiger partial charge on any atom is 0.303 e. The Labute approximate surface area is 162 Å². The number of aryl methyl sites for hydroxylation is 3. The van der Waals surface area contributed by atoms with Crippen molar-refractivity contribution in [2.24, 2.45) is 0 Å². The van der Waals surface area contributed by atoms with Gasteiger partial charge in [-0.2, -0.15) is 0 Å². The van der Waals surface area contributed by atoms with Crippen LogP contribution in [0.1, 0.15) is 43.1 Å². The molecule has 0 saturated heterocycles. The lowest BCUT2D eigenvalue weighted by atomic mass is 9.99. The minimum absolute atomic E-state index is 0.0452. The third-order valence-corrected chi connectivity index (χ3v) is 5.56. The van der Waals surface area contributed by atoms with Gasteiger partial charge < -0.3 is 5.11 Å². The number of aliphatic carboxylic acids is 1. The number of hydrogen-bond donors (Lipinski definition) is 1. The summed E-state index contributed by atoms with van der Waals surface area (Å²) in [5.41, 5.74) is 4.21. The summed E-state index contributed by atoms with van der Waals surface area (Å²) in [5, 5.41) is 11.6. The van der Waals surface area contributed by atoms with Gasteiger partial charge in [0.1, 0.15) is 10.7 Å². The van der Waals surface area contributed by atoms with Crippen molar-refractivity contribution in [1.82, 2.24) is 9.55 Å². The molecular formula is C21H24N2O3S. The van der Waals surface area contributed by atoms with Crippen molar-refractivity contribution in [2.45, 2.75) is 53.0 Å². The van der Waals surface area contributed by atoms with Crippen LogP contribution in [0, 0.1) is 13.8 Å². The van der Waals surface area contributed by atoms with Gasteiger partial charge in [-0.25, -0.2) is 4.98 Å². The predicted octanol–water partition coefficient (Wildman–Crippen LogP) is 4.56. The van der Waals surface area contributed by atoms with E-state index < -0.39 is 5.97 Å². The van der Waals surface area contributed by atoms with E-state index in [1.807, 2.05) is 12.3 Å². The van der Waals surface area contributed by atoms with Crippen LogP contribution < -0.4 is 5.56 Å². The quantitative estimate of drug-likeness (QED) is 0.648. The first-order valence-corrected chi connectivity index (χ1v) is 10.1. The Morgan fingerprint density at radius 1 is 1.26 bits per heavy atom. The summed E-state index contributed by atoms with van der Waals surface area (Å²) in [6, 6.07) is 6.22. The molecule has 3 rings (SSSR count). The normalized spacial score (nSPS) is 11.2. The summed E-state index contributed by atoms with van der Waals surface area (Å²) in [6.45, 7) is 6.53. The first-order valence-electron chi connectivity index (χ1n) is 9.22. The van der Waals surface area contributed by atoms with E-state index in [1.165, 1.54) is 16.9 Å². The molecule has 1 aromatic carbocycles. The number of fused-ring (bicyclic) bond motifs is 1. The van der Waals surface area contributed by atoms with E-state index in [1.54, 1.807) is 4.57 Å². The zero-order valence-corrected chi connectivity index (χ0v) is 16.7. The molecule has 0 amide bonds. The highest BCUT2D eigenvalue weighted by molar-refractivity contribution is 7.17. The summed E-state index contributed by atoms with van der Waals surface area (Å²) < 4.78 is 1.68. The molecule has 2 aromatic heterocycles. The van der Waals surface area contributed by atoms with Gasteiger partial charge in [-0.3, -0.25) is 14.2 Å². The number of benzene rings is 1. The second-order valence-electron chi connectivity index (χ2n) is 6.88. The van der Waals surface area contributed by atoms with Crippen molar-refractivity contribution in [3.05, 3.63) is 50.9 Å². The van der Waals surface area contributed by atoms with Crippen LogP contribution in [0.25, 0.3) is 21.3 Å². The van der Waals surface area contributed by atoms with Crippen LogP contribution >= 0.6 is 11.3 Å². The maximum atomic E-state index is 13.3. The SMILES string of the molecule is CCCc1nc2scc(-c3ccc(C)cc3C)c2c(=O)n1CCCC(=O)O. The molecular weight excluding hydrogens is 360 g/mol. The van der Waals surface area contributed by atoms with Gasteiger partial charge in [-0.15, -0.1) is 11.3 Å². The van der Waals surface area contributed by atoms with Crippen molar-refractivity contribution in [1.29, 1.82) is 0 Å². The Hall–Kier alpha value is -2.47. The Morgan fingerprint density at radius 2 is 2.04 bits per heavy atom. The van der Waals surface area contributed by atoms with E-state index >= 15 is 0 Å². The number of rotatable bonds is 7. The number of aromatic nitrogens is 2. The van der Waals surface area contributed by atoms with Crippen molar-refractivity contribution >= 4 is 27.5 Å². The fourth-order valence-electron chi connectivity index (χ4n) is 3.41. The smallest absolute Gasteiger partial charge is 0.303 e. The lowest BCUT2D eigenvalue weighted by Gasteiger charge is -2.12. The van der Waals surface area contributed by atoms with Crippen LogP contribution in [0.4, 0.5) is 0 Å². The summed E-state index contributed by atoms with van der Waals surface area (Å²) >= 11 is 1.49. The molecule has 0 fully saturated rings. The molecule has 5 nitrogen and oxygen atoms in total. The molecule has 27 heavy (non-hydrogen) atoms. The van der Waals surface area contributed by atoms with E-state index in [0.717, 1.165) is 33.8 Å². The number of carboxylic acids is 1. The summed E-state index contributed by atoms with van der Waals surface area (Å²) in [5.74, 6) is -0.102. The van der Waals surface area contributed by atoms with Gasteiger partial charge in [0.25, 0.3) is 5.56 Å². The van der Waals surface area contributed by atoms with Gasteiger partial charge >= 0.3 is 5.97 Å². The van der Waals surface area contributed by atoms with Crippen LogP contribution in [-0.4, -0.2) is 20.6 Å². The van der Waals surface area contributed by atoms with Crippen LogP contribution in [0.5, 0.6) is 0 Å². The molecule has 0 saturated carbocycles. The topological polar surface area (TPSA) is 72.2 Å². The summed E-state index contributed by atoms with van der Waals surface area (Å²) in [7, 11) is 0. The lowest BCUT2D eigenvalue weighted by molar-refractivity contribution is -0.137. The second-order valence-corrected chi connectivity index (χ2v) is 7.74. The van der Waals surface area contributed by atoms with Crippen LogP contribution in [0.3, 0.4) is 0 Å². The number of carbonyl (C=O) groups is 1. The van der Waals surface area contributed by atoms with Gasteiger partial charge in [0.15, 0.2) is 0 Å². The first-order chi connectivity index (χ1) is 12.9. The summed E-state index contributed by atoms with van der Waals surface area (Å²) in [6.07, 6.45) is 2.05. The van der Waals surface area contributed by atoms with Gasteiger partial charge in [-0.1, -0.05) is 30.7 Å². The molecule has 0 atom stereocenters. The van der Waals surface area contributed by atoms with E-state index in [-0.39, 0.29) is 12.0 Å². The Bertz CT molecular complexity index is 1050. The molecule has 0 aliphatic heterocycles. The molecule has 6 heteroatoms. The largest absolute Gasteiger partial charge is 0.481 e. The highest BCUT2D eigenvalue weighted by Gasteiger charge is 2.18. The molecule has 0 bridgehead atoms. The number of nitrogens with zero attached hydrogens (tertiary/aromatic N) is 2. The third-order valence-electron chi connectivity index (χ3n) is 4.69. The monoisotopic (exact) mass is 384 g/mol. The van der Waals surface area contributed by atoms with Crippen molar-refractivity contribution < 1.29 is 9.90 Å². The molecule has 0 aliphatic carbocycles. The predicted molar refractivity (Wildman–Crippen MR) is 110 cm³/mol. The van der Waals surface area contributed by atoms with Gasteiger partial charge in [-0.05, 0) is 37.8 Å². The lowest BCUT2D eigenvalue weighted by Crippen LogP contribution is -2.25.